The fourth-order valence-electron chi connectivity index (χ4n) is 4.98. The Labute approximate surface area is 180 Å². The van der Waals surface area contributed by atoms with Gasteiger partial charge in [0.25, 0.3) is 5.56 Å². The van der Waals surface area contributed by atoms with Gasteiger partial charge in [0, 0.05) is 41.7 Å². The Kier molecular flexibility index (Phi) is 5.31. The minimum absolute atomic E-state index is 0.0656. The van der Waals surface area contributed by atoms with Gasteiger partial charge < -0.3 is 14.1 Å². The number of aromatic nitrogens is 1. The van der Waals surface area contributed by atoms with Gasteiger partial charge in [-0.2, -0.15) is 0 Å². The van der Waals surface area contributed by atoms with Gasteiger partial charge in [-0.05, 0) is 60.6 Å². The van der Waals surface area contributed by atoms with Crippen LogP contribution in [0.2, 0.25) is 0 Å². The molecule has 0 saturated carbocycles. The molecule has 0 aliphatic carbocycles. The maximum atomic E-state index is 13.3. The van der Waals surface area contributed by atoms with Crippen LogP contribution in [0, 0.1) is 5.92 Å². The van der Waals surface area contributed by atoms with Crippen molar-refractivity contribution >= 4 is 11.8 Å². The predicted molar refractivity (Wildman–Crippen MR) is 119 cm³/mol. The molecule has 0 spiro atoms. The van der Waals surface area contributed by atoms with E-state index in [1.54, 1.807) is 11.8 Å². The van der Waals surface area contributed by atoms with Crippen LogP contribution in [0.5, 0.6) is 0 Å². The summed E-state index contributed by atoms with van der Waals surface area (Å²) >= 11 is 1.71. The number of fused-ring (bicyclic) bond motifs is 4. The molecule has 2 aliphatic heterocycles. The SMILES string of the molecule is CSc1ccc(-c2ccc3n(c2=O)C[C@@H]2C[C@@H]3CN(Cc3ccc(CO)o3)C2)cc1. The number of thioether (sulfide) groups is 1. The van der Waals surface area contributed by atoms with Crippen molar-refractivity contribution in [2.75, 3.05) is 19.3 Å². The molecule has 1 fully saturated rings. The Balaban J connectivity index is 1.39. The Morgan fingerprint density at radius 3 is 2.57 bits per heavy atom. The lowest BCUT2D eigenvalue weighted by molar-refractivity contribution is 0.106. The first-order valence-electron chi connectivity index (χ1n) is 10.4. The maximum Gasteiger partial charge on any atom is 0.258 e. The lowest BCUT2D eigenvalue weighted by atomic mass is 9.82. The monoisotopic (exact) mass is 422 g/mol. The third-order valence-electron chi connectivity index (χ3n) is 6.33. The summed E-state index contributed by atoms with van der Waals surface area (Å²) < 4.78 is 7.70. The Morgan fingerprint density at radius 1 is 1.03 bits per heavy atom. The van der Waals surface area contributed by atoms with Crippen LogP contribution in [0.3, 0.4) is 0 Å². The Morgan fingerprint density at radius 2 is 1.83 bits per heavy atom. The molecule has 2 bridgehead atoms. The zero-order chi connectivity index (χ0) is 20.7. The largest absolute Gasteiger partial charge is 0.462 e. The second-order valence-corrected chi connectivity index (χ2v) is 9.21. The Hall–Kier alpha value is -2.28. The fourth-order valence-corrected chi connectivity index (χ4v) is 5.39. The summed E-state index contributed by atoms with van der Waals surface area (Å²) in [7, 11) is 0. The molecule has 4 heterocycles. The van der Waals surface area contributed by atoms with Crippen molar-refractivity contribution in [3.05, 3.63) is 76.1 Å². The molecule has 30 heavy (non-hydrogen) atoms. The van der Waals surface area contributed by atoms with E-state index in [4.69, 9.17) is 4.42 Å². The summed E-state index contributed by atoms with van der Waals surface area (Å²) in [4.78, 5) is 16.9. The third kappa shape index (κ3) is 3.64. The van der Waals surface area contributed by atoms with Gasteiger partial charge in [-0.3, -0.25) is 9.69 Å². The second-order valence-electron chi connectivity index (χ2n) is 8.34. The standard InChI is InChI=1S/C24H26N2O3S/c1-30-21-6-2-17(3-7-21)22-8-9-23-18-10-16(12-26(23)24(22)28)11-25(13-18)14-19-4-5-20(15-27)29-19/h2-9,16,18,27H,10-15H2,1H3/t16-,18-/m1/s1. The quantitative estimate of drug-likeness (QED) is 0.631. The minimum Gasteiger partial charge on any atom is -0.462 e. The lowest BCUT2D eigenvalue weighted by Gasteiger charge is -2.42. The highest BCUT2D eigenvalue weighted by Crippen LogP contribution is 2.36. The molecule has 1 saturated heterocycles. The average molecular weight is 423 g/mol. The number of pyridine rings is 1. The summed E-state index contributed by atoms with van der Waals surface area (Å²) in [5, 5.41) is 9.21. The van der Waals surface area contributed by atoms with Crippen LogP contribution in [0.25, 0.3) is 11.1 Å². The van der Waals surface area contributed by atoms with Crippen molar-refractivity contribution < 1.29 is 9.52 Å². The molecular weight excluding hydrogens is 396 g/mol. The highest BCUT2D eigenvalue weighted by molar-refractivity contribution is 7.98. The Bertz CT molecular complexity index is 1100. The highest BCUT2D eigenvalue weighted by atomic mass is 32.2. The van der Waals surface area contributed by atoms with Gasteiger partial charge in [0.15, 0.2) is 0 Å². The smallest absolute Gasteiger partial charge is 0.258 e. The van der Waals surface area contributed by atoms with E-state index in [9.17, 15) is 9.90 Å². The van der Waals surface area contributed by atoms with Crippen LogP contribution in [0.15, 0.2) is 62.6 Å². The number of rotatable bonds is 5. The van der Waals surface area contributed by atoms with Crippen molar-refractivity contribution in [3.63, 3.8) is 0 Å². The molecule has 0 radical (unpaired) electrons. The molecule has 5 nitrogen and oxygen atoms in total. The summed E-state index contributed by atoms with van der Waals surface area (Å²) in [5.41, 5.74) is 3.06. The van der Waals surface area contributed by atoms with Crippen LogP contribution in [0.1, 0.15) is 29.6 Å². The van der Waals surface area contributed by atoms with E-state index in [0.29, 0.717) is 17.6 Å². The molecule has 1 N–H and O–H groups in total. The number of aliphatic hydroxyl groups excluding tert-OH is 1. The van der Waals surface area contributed by atoms with Crippen LogP contribution < -0.4 is 5.56 Å². The molecule has 3 aromatic rings. The fraction of sp³-hybridized carbons (Fsp3) is 0.375. The zero-order valence-electron chi connectivity index (χ0n) is 17.1. The number of nitrogens with zero attached hydrogens (tertiary/aromatic N) is 2. The van der Waals surface area contributed by atoms with Gasteiger partial charge in [-0.1, -0.05) is 12.1 Å². The van der Waals surface area contributed by atoms with Gasteiger partial charge in [0.2, 0.25) is 0 Å². The van der Waals surface area contributed by atoms with E-state index >= 15 is 0 Å². The van der Waals surface area contributed by atoms with Crippen molar-refractivity contribution in [2.24, 2.45) is 5.92 Å². The van der Waals surface area contributed by atoms with Gasteiger partial charge in [-0.25, -0.2) is 0 Å². The van der Waals surface area contributed by atoms with Crippen LogP contribution in [-0.2, 0) is 19.7 Å². The van der Waals surface area contributed by atoms with Crippen LogP contribution in [-0.4, -0.2) is 33.9 Å². The first kappa shape index (κ1) is 19.7. The van der Waals surface area contributed by atoms with E-state index in [2.05, 4.69) is 29.4 Å². The summed E-state index contributed by atoms with van der Waals surface area (Å²) in [5.74, 6) is 2.33. The topological polar surface area (TPSA) is 58.6 Å². The molecule has 2 aromatic heterocycles. The van der Waals surface area contributed by atoms with Gasteiger partial charge in [0.05, 0.1) is 6.54 Å². The maximum absolute atomic E-state index is 13.3. The summed E-state index contributed by atoms with van der Waals surface area (Å²) in [6.45, 7) is 3.34. The van der Waals surface area contributed by atoms with Crippen molar-refractivity contribution in [3.8, 4) is 11.1 Å². The lowest BCUT2D eigenvalue weighted by Crippen LogP contribution is -2.46. The molecular formula is C24H26N2O3S. The van der Waals surface area contributed by atoms with Crippen molar-refractivity contribution in [1.82, 2.24) is 9.47 Å². The van der Waals surface area contributed by atoms with E-state index in [-0.39, 0.29) is 12.2 Å². The minimum atomic E-state index is -0.0656. The van der Waals surface area contributed by atoms with E-state index in [1.165, 1.54) is 4.90 Å². The number of likely N-dealkylation sites (tertiary alicyclic amines) is 1. The van der Waals surface area contributed by atoms with E-state index < -0.39 is 0 Å². The zero-order valence-corrected chi connectivity index (χ0v) is 17.9. The first-order chi connectivity index (χ1) is 14.6. The van der Waals surface area contributed by atoms with E-state index in [1.807, 2.05) is 34.9 Å². The molecule has 156 valence electrons. The van der Waals surface area contributed by atoms with Crippen LogP contribution >= 0.6 is 11.8 Å². The number of hydrogen-bond donors (Lipinski definition) is 1. The first-order valence-corrected chi connectivity index (χ1v) is 11.7. The van der Waals surface area contributed by atoms with Gasteiger partial charge >= 0.3 is 0 Å². The molecule has 0 unspecified atom stereocenters. The van der Waals surface area contributed by atoms with Crippen LogP contribution in [0.4, 0.5) is 0 Å². The second kappa shape index (κ2) is 8.10. The number of furan rings is 1. The summed E-state index contributed by atoms with van der Waals surface area (Å²) in [6.07, 6.45) is 3.19. The molecule has 5 rings (SSSR count). The molecule has 1 aromatic carbocycles. The molecule has 2 aliphatic rings. The number of piperidine rings is 1. The van der Waals surface area contributed by atoms with Gasteiger partial charge in [-0.15, -0.1) is 11.8 Å². The highest BCUT2D eigenvalue weighted by Gasteiger charge is 2.35. The molecule has 6 heteroatoms. The third-order valence-corrected chi connectivity index (χ3v) is 7.08. The molecule has 2 atom stereocenters. The van der Waals surface area contributed by atoms with Gasteiger partial charge in [0.1, 0.15) is 18.1 Å². The van der Waals surface area contributed by atoms with Crippen molar-refractivity contribution in [1.29, 1.82) is 0 Å². The van der Waals surface area contributed by atoms with Crippen molar-refractivity contribution in [2.45, 2.75) is 36.9 Å². The summed E-state index contributed by atoms with van der Waals surface area (Å²) in [6, 6.07) is 16.2. The normalized spacial score (nSPS) is 20.9. The number of aliphatic hydroxyl groups is 1. The molecule has 0 amide bonds. The number of benzene rings is 1. The number of hydrogen-bond acceptors (Lipinski definition) is 5. The predicted octanol–water partition coefficient (Wildman–Crippen LogP) is 3.94. The van der Waals surface area contributed by atoms with E-state index in [0.717, 1.165) is 55.2 Å². The average Bonchev–Trinajstić information content (AvgIpc) is 3.22.